The molecule has 0 saturated heterocycles. The molecule has 0 unspecified atom stereocenters. The number of hydrogen-bond donors (Lipinski definition) is 3. The number of aromatic nitrogens is 5. The van der Waals surface area contributed by atoms with Gasteiger partial charge < -0.3 is 25.2 Å². The Morgan fingerprint density at radius 1 is 1.16 bits per heavy atom. The van der Waals surface area contributed by atoms with Gasteiger partial charge in [0.15, 0.2) is 5.82 Å². The Kier molecular flexibility index (Phi) is 6.60. The maximum Gasteiger partial charge on any atom is 0.261 e. The number of nitrogens with zero attached hydrogens (tertiary/aromatic N) is 6. The molecule has 3 aromatic heterocycles. The highest BCUT2D eigenvalue weighted by Crippen LogP contribution is 2.38. The minimum absolute atomic E-state index is 0.128. The molecule has 0 aliphatic carbocycles. The maximum atomic E-state index is 12.9. The predicted molar refractivity (Wildman–Crippen MR) is 142 cm³/mol. The summed E-state index contributed by atoms with van der Waals surface area (Å²) in [6.45, 7) is 9.64. The van der Waals surface area contributed by atoms with Gasteiger partial charge in [0.05, 0.1) is 40.7 Å². The van der Waals surface area contributed by atoms with Gasteiger partial charge in [-0.2, -0.15) is 4.98 Å². The Hall–Kier alpha value is -4.64. The molecule has 0 bridgehead atoms. The molecule has 5 rings (SSSR count). The first-order valence-electron chi connectivity index (χ1n) is 12.1. The number of hydrogen-bond acceptors (Lipinski definition) is 10. The smallest absolute Gasteiger partial charge is 0.261 e. The average molecular weight is 513 g/mol. The van der Waals surface area contributed by atoms with Crippen LogP contribution < -0.4 is 10.6 Å². The Bertz CT molecular complexity index is 1480. The van der Waals surface area contributed by atoms with Gasteiger partial charge in [-0.05, 0) is 26.3 Å². The standard InChI is InChI=1S/C27H28N8O3/c1-5-11-35-25(37)19-14-29-26(33-23(19)27(35,3)4)32-22-12-20(18(13-28-22)24-30-16(2)34-38-24)31-21(15-36)17-9-7-6-8-10-17/h5-10,12-14,21,36H,1,11,15H2,2-4H3,(H2,28,29,31,32,33)/t21-/m1/s1. The van der Waals surface area contributed by atoms with Gasteiger partial charge in [-0.1, -0.05) is 41.6 Å². The first kappa shape index (κ1) is 25.0. The normalized spacial score (nSPS) is 14.7. The lowest BCUT2D eigenvalue weighted by molar-refractivity contribution is 0.0649. The van der Waals surface area contributed by atoms with Crippen molar-refractivity contribution in [2.75, 3.05) is 23.8 Å². The van der Waals surface area contributed by atoms with E-state index in [1.54, 1.807) is 30.2 Å². The summed E-state index contributed by atoms with van der Waals surface area (Å²) in [4.78, 5) is 32.4. The zero-order valence-electron chi connectivity index (χ0n) is 21.3. The van der Waals surface area contributed by atoms with Gasteiger partial charge in [-0.15, -0.1) is 6.58 Å². The second-order valence-corrected chi connectivity index (χ2v) is 9.40. The van der Waals surface area contributed by atoms with Crippen molar-refractivity contribution in [3.05, 3.63) is 84.1 Å². The summed E-state index contributed by atoms with van der Waals surface area (Å²) in [5, 5.41) is 20.5. The van der Waals surface area contributed by atoms with Crippen molar-refractivity contribution >= 4 is 23.4 Å². The predicted octanol–water partition coefficient (Wildman–Crippen LogP) is 4.00. The van der Waals surface area contributed by atoms with Crippen LogP contribution in [0.5, 0.6) is 0 Å². The van der Waals surface area contributed by atoms with Crippen molar-refractivity contribution in [1.29, 1.82) is 0 Å². The van der Waals surface area contributed by atoms with Crippen LogP contribution in [0.2, 0.25) is 0 Å². The summed E-state index contributed by atoms with van der Waals surface area (Å²) in [6.07, 6.45) is 4.82. The van der Waals surface area contributed by atoms with Gasteiger partial charge in [0, 0.05) is 25.0 Å². The highest BCUT2D eigenvalue weighted by Gasteiger charge is 2.44. The number of rotatable bonds is 9. The Morgan fingerprint density at radius 3 is 2.61 bits per heavy atom. The van der Waals surface area contributed by atoms with E-state index in [4.69, 9.17) is 4.52 Å². The molecule has 4 heterocycles. The fraction of sp³-hybridized carbons (Fsp3) is 0.259. The third-order valence-electron chi connectivity index (χ3n) is 6.45. The number of aliphatic hydroxyl groups is 1. The lowest BCUT2D eigenvalue weighted by atomic mass is 10.0. The summed E-state index contributed by atoms with van der Waals surface area (Å²) in [6, 6.07) is 11.0. The quantitative estimate of drug-likeness (QED) is 0.282. The summed E-state index contributed by atoms with van der Waals surface area (Å²) < 4.78 is 5.39. The fourth-order valence-corrected chi connectivity index (χ4v) is 4.47. The molecule has 194 valence electrons. The molecule has 11 nitrogen and oxygen atoms in total. The third-order valence-corrected chi connectivity index (χ3v) is 6.45. The van der Waals surface area contributed by atoms with Crippen LogP contribution in [0.3, 0.4) is 0 Å². The van der Waals surface area contributed by atoms with E-state index in [-0.39, 0.29) is 12.5 Å². The number of fused-ring (bicyclic) bond motifs is 1. The number of nitrogens with one attached hydrogen (secondary N) is 2. The summed E-state index contributed by atoms with van der Waals surface area (Å²) in [7, 11) is 0. The first-order chi connectivity index (χ1) is 18.3. The third kappa shape index (κ3) is 4.59. The van der Waals surface area contributed by atoms with E-state index in [1.165, 1.54) is 6.20 Å². The van der Waals surface area contributed by atoms with Crippen molar-refractivity contribution in [1.82, 2.24) is 30.0 Å². The van der Waals surface area contributed by atoms with E-state index in [9.17, 15) is 9.90 Å². The number of benzene rings is 1. The highest BCUT2D eigenvalue weighted by molar-refractivity contribution is 5.99. The molecule has 0 spiro atoms. The van der Waals surface area contributed by atoms with Crippen molar-refractivity contribution < 1.29 is 14.4 Å². The van der Waals surface area contributed by atoms with Gasteiger partial charge in [-0.3, -0.25) is 4.79 Å². The monoisotopic (exact) mass is 512 g/mol. The van der Waals surface area contributed by atoms with Gasteiger partial charge in [0.2, 0.25) is 5.95 Å². The second kappa shape index (κ2) is 10.0. The van der Waals surface area contributed by atoms with Crippen LogP contribution in [0.1, 0.15) is 47.3 Å². The molecule has 4 aromatic rings. The summed E-state index contributed by atoms with van der Waals surface area (Å²) in [5.74, 6) is 1.40. The largest absolute Gasteiger partial charge is 0.394 e. The number of aryl methyl sites for hydroxylation is 1. The van der Waals surface area contributed by atoms with Crippen LogP contribution in [0.25, 0.3) is 11.5 Å². The van der Waals surface area contributed by atoms with E-state index in [0.717, 1.165) is 5.56 Å². The highest BCUT2D eigenvalue weighted by atomic mass is 16.5. The van der Waals surface area contributed by atoms with Crippen LogP contribution in [-0.4, -0.2) is 54.2 Å². The molecule has 1 aliphatic rings. The molecule has 38 heavy (non-hydrogen) atoms. The number of pyridine rings is 1. The molecule has 0 saturated carbocycles. The average Bonchev–Trinajstić information content (AvgIpc) is 3.43. The fourth-order valence-electron chi connectivity index (χ4n) is 4.47. The van der Waals surface area contributed by atoms with E-state index in [0.29, 0.717) is 52.5 Å². The molecule has 1 aromatic carbocycles. The van der Waals surface area contributed by atoms with Crippen LogP contribution in [0, 0.1) is 6.92 Å². The number of carbonyl (C=O) groups excluding carboxylic acids is 1. The van der Waals surface area contributed by atoms with Crippen LogP contribution in [0.4, 0.5) is 17.5 Å². The Labute approximate surface area is 219 Å². The van der Waals surface area contributed by atoms with E-state index in [1.807, 2.05) is 44.2 Å². The van der Waals surface area contributed by atoms with Crippen molar-refractivity contribution in [3.63, 3.8) is 0 Å². The first-order valence-corrected chi connectivity index (χ1v) is 12.1. The molecular weight excluding hydrogens is 484 g/mol. The van der Waals surface area contributed by atoms with Gasteiger partial charge >= 0.3 is 0 Å². The molecule has 0 radical (unpaired) electrons. The molecule has 1 amide bonds. The lowest BCUT2D eigenvalue weighted by Gasteiger charge is -2.30. The van der Waals surface area contributed by atoms with Gasteiger partial charge in [0.1, 0.15) is 5.82 Å². The number of aliphatic hydroxyl groups excluding tert-OH is 1. The van der Waals surface area contributed by atoms with Gasteiger partial charge in [-0.25, -0.2) is 15.0 Å². The second-order valence-electron chi connectivity index (χ2n) is 9.40. The molecule has 3 N–H and O–H groups in total. The van der Waals surface area contributed by atoms with Crippen LogP contribution in [-0.2, 0) is 5.54 Å². The molecule has 1 aliphatic heterocycles. The minimum Gasteiger partial charge on any atom is -0.394 e. The van der Waals surface area contributed by atoms with E-state index >= 15 is 0 Å². The Balaban J connectivity index is 1.49. The van der Waals surface area contributed by atoms with Crippen molar-refractivity contribution in [2.45, 2.75) is 32.4 Å². The minimum atomic E-state index is -0.621. The zero-order chi connectivity index (χ0) is 26.9. The number of carbonyl (C=O) groups is 1. The number of anilines is 3. The van der Waals surface area contributed by atoms with Crippen molar-refractivity contribution in [2.24, 2.45) is 0 Å². The maximum absolute atomic E-state index is 12.9. The van der Waals surface area contributed by atoms with E-state index in [2.05, 4.69) is 42.3 Å². The topological polar surface area (TPSA) is 142 Å². The van der Waals surface area contributed by atoms with Crippen LogP contribution in [0.15, 0.2) is 66.0 Å². The number of amides is 1. The van der Waals surface area contributed by atoms with Crippen molar-refractivity contribution in [3.8, 4) is 11.5 Å². The molecule has 11 heteroatoms. The summed E-state index contributed by atoms with van der Waals surface area (Å²) in [5.41, 5.74) is 2.57. The zero-order valence-corrected chi connectivity index (χ0v) is 21.3. The Morgan fingerprint density at radius 2 is 1.92 bits per heavy atom. The molecule has 0 fully saturated rings. The van der Waals surface area contributed by atoms with E-state index < -0.39 is 11.6 Å². The van der Waals surface area contributed by atoms with Crippen LogP contribution >= 0.6 is 0 Å². The lowest BCUT2D eigenvalue weighted by Crippen LogP contribution is -2.39. The van der Waals surface area contributed by atoms with Gasteiger partial charge in [0.25, 0.3) is 11.8 Å². The molecular formula is C27H28N8O3. The molecule has 1 atom stereocenters. The summed E-state index contributed by atoms with van der Waals surface area (Å²) >= 11 is 0. The SMILES string of the molecule is C=CCN1C(=O)c2cnc(Nc3cc(N[C@H](CO)c4ccccc4)c(-c4nc(C)no4)cn3)nc2C1(C)C.